The van der Waals surface area contributed by atoms with Crippen molar-refractivity contribution >= 4 is 35.2 Å². The third-order valence-corrected chi connectivity index (χ3v) is 5.50. The van der Waals surface area contributed by atoms with Gasteiger partial charge in [0.2, 0.25) is 5.91 Å². The van der Waals surface area contributed by atoms with E-state index >= 15 is 0 Å². The van der Waals surface area contributed by atoms with Crippen molar-refractivity contribution in [2.45, 2.75) is 45.5 Å². The first kappa shape index (κ1) is 21.6. The number of carbonyl (C=O) groups is 2. The van der Waals surface area contributed by atoms with Crippen LogP contribution in [0.25, 0.3) is 0 Å². The quantitative estimate of drug-likeness (QED) is 0.609. The summed E-state index contributed by atoms with van der Waals surface area (Å²) in [7, 11) is 0. The number of nitrogens with zero attached hydrogens (tertiary/aromatic N) is 2. The zero-order valence-corrected chi connectivity index (χ0v) is 18.4. The monoisotopic (exact) mass is 434 g/mol. The number of carbonyl (C=O) groups excluding carboxylic acids is 2. The highest BCUT2D eigenvalue weighted by Gasteiger charge is 2.46. The van der Waals surface area contributed by atoms with Gasteiger partial charge in [0, 0.05) is 6.04 Å². The van der Waals surface area contributed by atoms with Crippen LogP contribution in [0.2, 0.25) is 10.0 Å². The average molecular weight is 435 g/mol. The van der Waals surface area contributed by atoms with E-state index in [1.807, 2.05) is 42.2 Å². The van der Waals surface area contributed by atoms with Crippen molar-refractivity contribution in [2.24, 2.45) is 0 Å². The summed E-state index contributed by atoms with van der Waals surface area (Å²) in [6.07, 6.45) is -1.33. The molecule has 0 unspecified atom stereocenters. The summed E-state index contributed by atoms with van der Waals surface area (Å²) in [5.41, 5.74) is 1.01. The molecule has 7 heteroatoms. The predicted octanol–water partition coefficient (Wildman–Crippen LogP) is 5.83. The maximum Gasteiger partial charge on any atom is 0.418 e. The molecule has 1 fully saturated rings. The third-order valence-electron chi connectivity index (χ3n) is 4.76. The molecule has 0 spiro atoms. The van der Waals surface area contributed by atoms with Crippen molar-refractivity contribution in [3.63, 3.8) is 0 Å². The van der Waals surface area contributed by atoms with Gasteiger partial charge in [0.15, 0.2) is 0 Å². The zero-order valence-electron chi connectivity index (χ0n) is 16.9. The molecule has 1 aliphatic heterocycles. The largest absolute Gasteiger partial charge is 0.443 e. The minimum absolute atomic E-state index is 0.0835. The molecule has 0 radical (unpaired) electrons. The summed E-state index contributed by atoms with van der Waals surface area (Å²) in [5.74, 6) is -0.321. The minimum atomic E-state index is -0.724. The Bertz CT molecular complexity index is 912. The number of ether oxygens (including phenoxy) is 1. The van der Waals surface area contributed by atoms with Crippen LogP contribution in [0, 0.1) is 0 Å². The molecule has 2 atom stereocenters. The van der Waals surface area contributed by atoms with Crippen LogP contribution in [-0.4, -0.2) is 33.9 Å². The van der Waals surface area contributed by atoms with E-state index in [0.29, 0.717) is 15.6 Å². The van der Waals surface area contributed by atoms with Gasteiger partial charge in [-0.05, 0) is 51.0 Å². The van der Waals surface area contributed by atoms with Gasteiger partial charge in [-0.3, -0.25) is 9.69 Å². The smallest absolute Gasteiger partial charge is 0.418 e. The summed E-state index contributed by atoms with van der Waals surface area (Å²) >= 11 is 12.3. The summed E-state index contributed by atoms with van der Waals surface area (Å²) in [6, 6.07) is 14.8. The Morgan fingerprint density at radius 3 is 2.34 bits per heavy atom. The van der Waals surface area contributed by atoms with Crippen molar-refractivity contribution in [1.82, 2.24) is 9.80 Å². The molecule has 3 rings (SSSR count). The Balaban J connectivity index is 2.04. The topological polar surface area (TPSA) is 49.9 Å². The molecule has 2 amide bonds. The Hall–Kier alpha value is -2.08. The normalized spacial score (nSPS) is 18.8. The van der Waals surface area contributed by atoms with Gasteiger partial charge in [-0.1, -0.05) is 59.6 Å². The fourth-order valence-corrected chi connectivity index (χ4v) is 3.71. The van der Waals surface area contributed by atoms with Crippen LogP contribution in [0.5, 0.6) is 0 Å². The molecule has 1 heterocycles. The SMILES string of the molecule is C[C@H](c1ccccc1)N1CC(=O)N(C(=O)OC(C)(C)C)[C@H]1c1ccc(Cl)c(Cl)c1. The van der Waals surface area contributed by atoms with E-state index in [0.717, 1.165) is 5.56 Å². The first-order valence-electron chi connectivity index (χ1n) is 9.39. The summed E-state index contributed by atoms with van der Waals surface area (Å²) in [6.45, 7) is 7.39. The number of halogens is 2. The zero-order chi connectivity index (χ0) is 21.3. The summed E-state index contributed by atoms with van der Waals surface area (Å²) < 4.78 is 5.51. The van der Waals surface area contributed by atoms with E-state index < -0.39 is 17.9 Å². The number of imide groups is 1. The van der Waals surface area contributed by atoms with Gasteiger partial charge in [0.05, 0.1) is 16.6 Å². The number of hydrogen-bond acceptors (Lipinski definition) is 4. The Morgan fingerprint density at radius 2 is 1.76 bits per heavy atom. The highest BCUT2D eigenvalue weighted by Crippen LogP contribution is 2.40. The molecule has 29 heavy (non-hydrogen) atoms. The van der Waals surface area contributed by atoms with Gasteiger partial charge in [-0.2, -0.15) is 0 Å². The lowest BCUT2D eigenvalue weighted by molar-refractivity contribution is -0.127. The second kappa shape index (κ2) is 8.34. The lowest BCUT2D eigenvalue weighted by Gasteiger charge is -2.34. The second-order valence-electron chi connectivity index (χ2n) is 8.05. The molecule has 0 aliphatic carbocycles. The van der Waals surface area contributed by atoms with E-state index in [1.165, 1.54) is 4.90 Å². The van der Waals surface area contributed by atoms with Gasteiger partial charge < -0.3 is 4.74 Å². The van der Waals surface area contributed by atoms with Crippen molar-refractivity contribution in [2.75, 3.05) is 6.54 Å². The molecule has 1 saturated heterocycles. The molecule has 0 bridgehead atoms. The maximum absolute atomic E-state index is 12.9. The number of amides is 2. The van der Waals surface area contributed by atoms with E-state index in [9.17, 15) is 9.59 Å². The van der Waals surface area contributed by atoms with Crippen LogP contribution in [0.3, 0.4) is 0 Å². The Labute approximate surface area is 181 Å². The van der Waals surface area contributed by atoms with Crippen molar-refractivity contribution < 1.29 is 14.3 Å². The number of hydrogen-bond donors (Lipinski definition) is 0. The first-order chi connectivity index (χ1) is 13.6. The molecule has 0 N–H and O–H groups in total. The second-order valence-corrected chi connectivity index (χ2v) is 8.86. The van der Waals surface area contributed by atoms with Crippen molar-refractivity contribution in [3.8, 4) is 0 Å². The molecule has 0 saturated carbocycles. The molecule has 154 valence electrons. The van der Waals surface area contributed by atoms with Gasteiger partial charge in [-0.15, -0.1) is 0 Å². The van der Waals surface area contributed by atoms with Gasteiger partial charge in [-0.25, -0.2) is 9.69 Å². The molecular formula is C22H24Cl2N2O3. The van der Waals surface area contributed by atoms with E-state index in [1.54, 1.807) is 39.0 Å². The summed E-state index contributed by atoms with van der Waals surface area (Å²) in [5, 5.41) is 0.770. The molecule has 2 aromatic rings. The lowest BCUT2D eigenvalue weighted by Crippen LogP contribution is -2.41. The van der Waals surface area contributed by atoms with Crippen LogP contribution in [-0.2, 0) is 9.53 Å². The molecule has 0 aromatic heterocycles. The van der Waals surface area contributed by atoms with Crippen LogP contribution in [0.1, 0.15) is 51.0 Å². The van der Waals surface area contributed by atoms with E-state index in [2.05, 4.69) is 0 Å². The molecule has 5 nitrogen and oxygen atoms in total. The lowest BCUT2D eigenvalue weighted by atomic mass is 10.0. The highest BCUT2D eigenvalue weighted by atomic mass is 35.5. The Morgan fingerprint density at radius 1 is 1.10 bits per heavy atom. The van der Waals surface area contributed by atoms with E-state index in [-0.39, 0.29) is 18.5 Å². The van der Waals surface area contributed by atoms with E-state index in [4.69, 9.17) is 27.9 Å². The molecule has 1 aliphatic rings. The third kappa shape index (κ3) is 4.74. The van der Waals surface area contributed by atoms with Crippen LogP contribution in [0.15, 0.2) is 48.5 Å². The highest BCUT2D eigenvalue weighted by molar-refractivity contribution is 6.42. The standard InChI is InChI=1S/C22H24Cl2N2O3/c1-14(15-8-6-5-7-9-15)25-13-19(27)26(21(28)29-22(2,3)4)20(25)16-10-11-17(23)18(24)12-16/h5-12,14,20H,13H2,1-4H3/t14-,20+/m1/s1. The van der Waals surface area contributed by atoms with Crippen LogP contribution in [0.4, 0.5) is 4.79 Å². The fourth-order valence-electron chi connectivity index (χ4n) is 3.40. The van der Waals surface area contributed by atoms with Crippen LogP contribution >= 0.6 is 23.2 Å². The van der Waals surface area contributed by atoms with Crippen molar-refractivity contribution in [3.05, 3.63) is 69.7 Å². The number of benzene rings is 2. The van der Waals surface area contributed by atoms with Crippen LogP contribution < -0.4 is 0 Å². The van der Waals surface area contributed by atoms with Gasteiger partial charge in [0.25, 0.3) is 0 Å². The fraction of sp³-hybridized carbons (Fsp3) is 0.364. The molecule has 2 aromatic carbocycles. The molecular weight excluding hydrogens is 411 g/mol. The van der Waals surface area contributed by atoms with Gasteiger partial charge in [0.1, 0.15) is 11.8 Å². The first-order valence-corrected chi connectivity index (χ1v) is 10.1. The average Bonchev–Trinajstić information content (AvgIpc) is 3.00. The minimum Gasteiger partial charge on any atom is -0.443 e. The van der Waals surface area contributed by atoms with Crippen molar-refractivity contribution in [1.29, 1.82) is 0 Å². The Kier molecular flexibility index (Phi) is 6.22. The summed E-state index contributed by atoms with van der Waals surface area (Å²) in [4.78, 5) is 28.9. The predicted molar refractivity (Wildman–Crippen MR) is 114 cm³/mol. The number of rotatable bonds is 3. The van der Waals surface area contributed by atoms with Gasteiger partial charge >= 0.3 is 6.09 Å². The maximum atomic E-state index is 12.9.